The van der Waals surface area contributed by atoms with Gasteiger partial charge in [0.2, 0.25) is 24.5 Å². The van der Waals surface area contributed by atoms with E-state index >= 15 is 0 Å². The lowest BCUT2D eigenvalue weighted by molar-refractivity contribution is -0.181. The van der Waals surface area contributed by atoms with Gasteiger partial charge in [-0.15, -0.1) is 35.9 Å². The van der Waals surface area contributed by atoms with Gasteiger partial charge < -0.3 is 30.3 Å². The zero-order valence-electron chi connectivity index (χ0n) is 22.1. The number of thioether (sulfide) groups is 2. The second kappa shape index (κ2) is 11.0. The number of amides is 3. The molecule has 0 radical (unpaired) electrons. The van der Waals surface area contributed by atoms with E-state index in [9.17, 15) is 24.0 Å². The maximum atomic E-state index is 13.1. The predicted octanol–water partition coefficient (Wildman–Crippen LogP) is 1.53. The van der Waals surface area contributed by atoms with Gasteiger partial charge in [0, 0.05) is 9.49 Å². The summed E-state index contributed by atoms with van der Waals surface area (Å²) in [5, 5.41) is 2.09. The van der Waals surface area contributed by atoms with Crippen LogP contribution < -0.4 is 11.1 Å². The molecule has 0 saturated carbocycles. The number of β-lactam (4-membered cyclic amide) rings is 2. The molecule has 1 unspecified atom stereocenters. The van der Waals surface area contributed by atoms with Crippen molar-refractivity contribution in [1.82, 2.24) is 15.1 Å². The Bertz CT molecular complexity index is 1240. The third-order valence-corrected chi connectivity index (χ3v) is 11.8. The molecule has 11 nitrogen and oxygen atoms in total. The summed E-state index contributed by atoms with van der Waals surface area (Å²) >= 11 is 6.22. The molecule has 5 rings (SSSR count). The quantitative estimate of drug-likeness (QED) is 0.188. The number of carbonyl (C=O) groups is 5. The molecule has 4 fully saturated rings. The molecular formula is C25H30BrClN4O7S2. The standard InChI is InChI=1S/C25H29BrN4O7S2.ClH/c1-24(2)15(29-18(32)12(26)20(29)38-24)22(34)36-10-37-23(35)16-25(3,4)39-21-14(19(33)30(16)21)28-17(31)13(27)11-8-6-5-7-9-11;/h5-9,12-16,20-21H,10,27H2,1-4H3,(H,28,31);1H/t12-,13?,14-,15+,16+,20-,21-;/m1./s1. The first-order chi connectivity index (χ1) is 18.3. The van der Waals surface area contributed by atoms with Crippen LogP contribution in [0.4, 0.5) is 0 Å². The summed E-state index contributed by atoms with van der Waals surface area (Å²) < 4.78 is 9.24. The molecule has 1 aromatic rings. The summed E-state index contributed by atoms with van der Waals surface area (Å²) in [6.07, 6.45) is 0. The molecule has 0 aliphatic carbocycles. The molecular weight excluding hydrogens is 648 g/mol. The number of nitrogens with zero attached hydrogens (tertiary/aromatic N) is 2. The van der Waals surface area contributed by atoms with Crippen LogP contribution >= 0.6 is 51.9 Å². The summed E-state index contributed by atoms with van der Waals surface area (Å²) in [6, 6.07) is 5.32. The zero-order chi connectivity index (χ0) is 28.4. The van der Waals surface area contributed by atoms with Crippen LogP contribution in [-0.4, -0.2) is 89.4 Å². The number of rotatable bonds is 7. The average Bonchev–Trinajstić information content (AvgIpc) is 3.31. The Kier molecular flexibility index (Phi) is 8.52. The van der Waals surface area contributed by atoms with E-state index in [1.165, 1.54) is 33.3 Å². The minimum atomic E-state index is -0.941. The molecule has 15 heteroatoms. The number of halogens is 2. The number of carbonyl (C=O) groups excluding carboxylic acids is 5. The minimum Gasteiger partial charge on any atom is -0.426 e. The van der Waals surface area contributed by atoms with Crippen molar-refractivity contribution in [3.8, 4) is 0 Å². The summed E-state index contributed by atoms with van der Waals surface area (Å²) in [7, 11) is 0. The fraction of sp³-hybridized carbons (Fsp3) is 0.560. The van der Waals surface area contributed by atoms with Crippen molar-refractivity contribution in [1.29, 1.82) is 0 Å². The van der Waals surface area contributed by atoms with Crippen molar-refractivity contribution in [2.24, 2.45) is 5.73 Å². The molecule has 3 amide bonds. The fourth-order valence-corrected chi connectivity index (χ4v) is 9.40. The third-order valence-electron chi connectivity index (χ3n) is 7.40. The van der Waals surface area contributed by atoms with Crippen molar-refractivity contribution >= 4 is 81.5 Å². The molecule has 0 spiro atoms. The third kappa shape index (κ3) is 4.99. The lowest BCUT2D eigenvalue weighted by atomic mass is 9.95. The monoisotopic (exact) mass is 676 g/mol. The van der Waals surface area contributed by atoms with Crippen LogP contribution in [0.3, 0.4) is 0 Å². The van der Waals surface area contributed by atoms with Crippen molar-refractivity contribution in [2.75, 3.05) is 6.79 Å². The van der Waals surface area contributed by atoms with Gasteiger partial charge in [0.05, 0.1) is 0 Å². The minimum absolute atomic E-state index is 0. The molecule has 40 heavy (non-hydrogen) atoms. The fourth-order valence-electron chi connectivity index (χ4n) is 5.43. The van der Waals surface area contributed by atoms with Gasteiger partial charge in [0.15, 0.2) is 0 Å². The Morgan fingerprint density at radius 3 is 2.00 bits per heavy atom. The van der Waals surface area contributed by atoms with Crippen LogP contribution in [0.5, 0.6) is 0 Å². The number of alkyl halides is 1. The number of hydrogen-bond acceptors (Lipinski definition) is 10. The topological polar surface area (TPSA) is 148 Å². The Hall–Kier alpha value is -2.00. The van der Waals surface area contributed by atoms with Crippen LogP contribution in [0, 0.1) is 0 Å². The lowest BCUT2D eigenvalue weighted by Crippen LogP contribution is -2.71. The van der Waals surface area contributed by atoms with E-state index in [1.54, 1.807) is 38.1 Å². The predicted molar refractivity (Wildman–Crippen MR) is 154 cm³/mol. The molecule has 4 saturated heterocycles. The number of nitrogens with one attached hydrogen (secondary N) is 1. The van der Waals surface area contributed by atoms with Gasteiger partial charge in [-0.2, -0.15) is 0 Å². The number of esters is 2. The van der Waals surface area contributed by atoms with E-state index in [0.29, 0.717) is 5.56 Å². The summed E-state index contributed by atoms with van der Waals surface area (Å²) in [5.41, 5.74) is 6.69. The van der Waals surface area contributed by atoms with Crippen LogP contribution in [0.1, 0.15) is 39.3 Å². The van der Waals surface area contributed by atoms with E-state index in [1.807, 2.05) is 19.9 Å². The Morgan fingerprint density at radius 1 is 0.950 bits per heavy atom. The highest BCUT2D eigenvalue weighted by Gasteiger charge is 2.65. The van der Waals surface area contributed by atoms with Crippen LogP contribution in [0.15, 0.2) is 30.3 Å². The zero-order valence-corrected chi connectivity index (χ0v) is 26.1. The normalized spacial score (nSPS) is 31.6. The highest BCUT2D eigenvalue weighted by atomic mass is 79.9. The number of nitrogens with two attached hydrogens (primary N) is 1. The molecule has 0 bridgehead atoms. The van der Waals surface area contributed by atoms with E-state index in [-0.39, 0.29) is 28.5 Å². The van der Waals surface area contributed by atoms with E-state index in [2.05, 4.69) is 21.2 Å². The van der Waals surface area contributed by atoms with E-state index < -0.39 is 69.6 Å². The van der Waals surface area contributed by atoms with Gasteiger partial charge in [0.1, 0.15) is 39.7 Å². The van der Waals surface area contributed by atoms with Crippen molar-refractivity contribution < 1.29 is 33.4 Å². The Morgan fingerprint density at radius 2 is 1.45 bits per heavy atom. The first-order valence-corrected chi connectivity index (χ1v) is 15.0. The number of fused-ring (bicyclic) bond motifs is 2. The van der Waals surface area contributed by atoms with Gasteiger partial charge in [-0.1, -0.05) is 46.3 Å². The first kappa shape index (κ1) is 30.9. The van der Waals surface area contributed by atoms with E-state index in [4.69, 9.17) is 15.2 Å². The average molecular weight is 678 g/mol. The van der Waals surface area contributed by atoms with Crippen LogP contribution in [0.2, 0.25) is 0 Å². The second-order valence-electron chi connectivity index (χ2n) is 10.8. The van der Waals surface area contributed by atoms with Gasteiger partial charge in [0.25, 0.3) is 0 Å². The van der Waals surface area contributed by atoms with Crippen molar-refractivity contribution in [2.45, 2.75) is 76.9 Å². The smallest absolute Gasteiger partial charge is 0.333 e. The van der Waals surface area contributed by atoms with E-state index in [0.717, 1.165) is 0 Å². The van der Waals surface area contributed by atoms with Gasteiger partial charge in [-0.25, -0.2) is 9.59 Å². The number of benzene rings is 1. The molecule has 7 atom stereocenters. The van der Waals surface area contributed by atoms with Crippen LogP contribution in [-0.2, 0) is 33.4 Å². The second-order valence-corrected chi connectivity index (χ2v) is 15.4. The Balaban J connectivity index is 0.00000370. The SMILES string of the molecule is CC1(C)S[C@@H]2[C@H](Br)C(=O)N2[C@H]1C(=O)OCOC(=O)[C@@H]1N2C(=O)[C@@H](NC(=O)C(N)c3ccccc3)[C@H]2SC1(C)C.Cl. The highest BCUT2D eigenvalue weighted by Crippen LogP contribution is 2.53. The number of ether oxygens (including phenoxy) is 2. The summed E-state index contributed by atoms with van der Waals surface area (Å²) in [5.74, 6) is -2.47. The largest absolute Gasteiger partial charge is 0.426 e. The van der Waals surface area contributed by atoms with Crippen molar-refractivity contribution in [3.05, 3.63) is 35.9 Å². The maximum absolute atomic E-state index is 13.1. The first-order valence-electron chi connectivity index (χ1n) is 12.3. The van der Waals surface area contributed by atoms with Gasteiger partial charge in [-0.3, -0.25) is 14.4 Å². The summed E-state index contributed by atoms with van der Waals surface area (Å²) in [4.78, 5) is 66.5. The number of hydrogen-bond donors (Lipinski definition) is 2. The molecule has 0 aromatic heterocycles. The molecule has 4 aliphatic heterocycles. The highest BCUT2D eigenvalue weighted by molar-refractivity contribution is 9.10. The van der Waals surface area contributed by atoms with Crippen LogP contribution in [0.25, 0.3) is 0 Å². The molecule has 3 N–H and O–H groups in total. The molecule has 4 heterocycles. The lowest BCUT2D eigenvalue weighted by Gasteiger charge is -2.44. The van der Waals surface area contributed by atoms with Crippen molar-refractivity contribution in [3.63, 3.8) is 0 Å². The van der Waals surface area contributed by atoms with Gasteiger partial charge in [-0.05, 0) is 33.3 Å². The molecule has 4 aliphatic rings. The maximum Gasteiger partial charge on any atom is 0.333 e. The molecule has 1 aromatic carbocycles. The van der Waals surface area contributed by atoms with Gasteiger partial charge >= 0.3 is 11.9 Å². The molecule has 218 valence electrons. The Labute approximate surface area is 254 Å². The summed E-state index contributed by atoms with van der Waals surface area (Å²) in [6.45, 7) is 6.68.